The Labute approximate surface area is 203 Å². The number of nitrogens with two attached hydrogens (primary N) is 1. The summed E-state index contributed by atoms with van der Waals surface area (Å²) in [5.41, 5.74) is 8.14. The van der Waals surface area contributed by atoms with Gasteiger partial charge < -0.3 is 10.5 Å². The number of hydrogen-bond acceptors (Lipinski definition) is 3. The van der Waals surface area contributed by atoms with Crippen molar-refractivity contribution in [2.45, 2.75) is 59.3 Å². The molecule has 2 fully saturated rings. The maximum atomic E-state index is 13.6. The highest BCUT2D eigenvalue weighted by molar-refractivity contribution is 5.82. The van der Waals surface area contributed by atoms with E-state index in [1.165, 1.54) is 31.7 Å². The van der Waals surface area contributed by atoms with Crippen LogP contribution in [0.25, 0.3) is 5.57 Å². The molecule has 0 aromatic heterocycles. The number of carbonyl (C=O) groups is 1. The molecule has 0 bridgehead atoms. The van der Waals surface area contributed by atoms with Gasteiger partial charge in [-0.15, -0.1) is 0 Å². The quantitative estimate of drug-likeness (QED) is 0.477. The molecule has 5 atom stereocenters. The summed E-state index contributed by atoms with van der Waals surface area (Å²) in [4.78, 5) is 15.9. The van der Waals surface area contributed by atoms with Gasteiger partial charge in [-0.1, -0.05) is 64.3 Å². The van der Waals surface area contributed by atoms with Gasteiger partial charge in [-0.05, 0) is 77.9 Å². The van der Waals surface area contributed by atoms with Gasteiger partial charge >= 0.3 is 6.09 Å². The third kappa shape index (κ3) is 6.25. The molecule has 2 aliphatic carbocycles. The van der Waals surface area contributed by atoms with Crippen molar-refractivity contribution in [3.63, 3.8) is 0 Å². The largest absolute Gasteiger partial charge is 0.449 e. The zero-order chi connectivity index (χ0) is 23.2. The van der Waals surface area contributed by atoms with Gasteiger partial charge in [0.1, 0.15) is 5.82 Å². The first kappa shape index (κ1) is 25.9. The second-order valence-electron chi connectivity index (χ2n) is 9.65. The van der Waals surface area contributed by atoms with Crippen LogP contribution in [-0.2, 0) is 4.74 Å². The molecule has 0 spiro atoms. The Hall–Kier alpha value is -2.69. The van der Waals surface area contributed by atoms with Crippen molar-refractivity contribution in [1.82, 2.24) is 0 Å². The fourth-order valence-electron chi connectivity index (χ4n) is 6.26. The molecule has 184 valence electrons. The minimum atomic E-state index is -0.679. The lowest BCUT2D eigenvalue weighted by atomic mass is 9.57. The summed E-state index contributed by atoms with van der Waals surface area (Å²) in [5.74, 6) is 2.40. The van der Waals surface area contributed by atoms with E-state index in [-0.39, 0.29) is 13.2 Å². The number of carbonyl (C=O) groups excluding carboxylic acids is 1. The van der Waals surface area contributed by atoms with E-state index in [1.54, 1.807) is 12.1 Å². The van der Waals surface area contributed by atoms with Crippen molar-refractivity contribution in [1.29, 1.82) is 0 Å². The first-order chi connectivity index (χ1) is 16.0. The van der Waals surface area contributed by atoms with E-state index in [0.717, 1.165) is 29.7 Å². The minimum absolute atomic E-state index is 0. The molecule has 1 aromatic rings. The molecule has 3 aliphatic rings. The van der Waals surface area contributed by atoms with E-state index >= 15 is 0 Å². The Morgan fingerprint density at radius 1 is 1.26 bits per heavy atom. The van der Waals surface area contributed by atoms with Gasteiger partial charge in [0.25, 0.3) is 0 Å². The van der Waals surface area contributed by atoms with Gasteiger partial charge in [0.2, 0.25) is 0 Å². The maximum absolute atomic E-state index is 13.6. The monoisotopic (exact) mass is 466 g/mol. The molecule has 2 N–H and O–H groups in total. The Morgan fingerprint density at radius 2 is 2.09 bits per heavy atom. The fourth-order valence-corrected chi connectivity index (χ4v) is 6.26. The Bertz CT molecular complexity index is 965. The lowest BCUT2D eigenvalue weighted by Crippen LogP contribution is -2.42. The summed E-state index contributed by atoms with van der Waals surface area (Å²) in [5, 5.41) is 0. The second-order valence-corrected chi connectivity index (χ2v) is 9.65. The highest BCUT2D eigenvalue weighted by Gasteiger charge is 2.43. The Kier molecular flexibility index (Phi) is 9.26. The van der Waals surface area contributed by atoms with Gasteiger partial charge in [-0.25, -0.2) is 9.18 Å². The van der Waals surface area contributed by atoms with E-state index in [9.17, 15) is 9.18 Å². The van der Waals surface area contributed by atoms with Crippen LogP contribution >= 0.6 is 0 Å². The third-order valence-electron chi connectivity index (χ3n) is 7.77. The SMILES string of the molecule is C.CCC1C(COC(N)=O)CC2CCCCC2[C@@H]1/C=C/C1=CC=C(c2cccc(F)c2)CC=N1. The lowest BCUT2D eigenvalue weighted by Gasteiger charge is -2.48. The van der Waals surface area contributed by atoms with Crippen LogP contribution in [0.5, 0.6) is 0 Å². The molecular weight excluding hydrogens is 427 g/mol. The summed E-state index contributed by atoms with van der Waals surface area (Å²) in [7, 11) is 0. The van der Waals surface area contributed by atoms with Crippen LogP contribution in [0.15, 0.2) is 59.3 Å². The average Bonchev–Trinajstić information content (AvgIpc) is 3.06. The molecule has 4 unspecified atom stereocenters. The van der Waals surface area contributed by atoms with E-state index in [1.807, 2.05) is 24.4 Å². The number of hydrogen-bond donors (Lipinski definition) is 1. The number of aliphatic imine (C=N–C) groups is 1. The summed E-state index contributed by atoms with van der Waals surface area (Å²) >= 11 is 0. The van der Waals surface area contributed by atoms with E-state index < -0.39 is 6.09 Å². The van der Waals surface area contributed by atoms with Gasteiger partial charge in [0, 0.05) is 12.6 Å². The summed E-state index contributed by atoms with van der Waals surface area (Å²) < 4.78 is 18.9. The zero-order valence-corrected chi connectivity index (χ0v) is 19.5. The van der Waals surface area contributed by atoms with Gasteiger partial charge in [-0.2, -0.15) is 0 Å². The summed E-state index contributed by atoms with van der Waals surface area (Å²) in [6.45, 7) is 2.66. The summed E-state index contributed by atoms with van der Waals surface area (Å²) in [6, 6.07) is 6.71. The van der Waals surface area contributed by atoms with Crippen molar-refractivity contribution in [3.8, 4) is 0 Å². The van der Waals surface area contributed by atoms with Gasteiger partial charge in [0.05, 0.1) is 12.3 Å². The number of halogens is 1. The van der Waals surface area contributed by atoms with E-state index in [4.69, 9.17) is 10.5 Å². The number of primary amides is 1. The lowest BCUT2D eigenvalue weighted by molar-refractivity contribution is 0.00275. The van der Waals surface area contributed by atoms with Crippen LogP contribution in [0.2, 0.25) is 0 Å². The molecule has 1 amide bonds. The van der Waals surface area contributed by atoms with Gasteiger partial charge in [0.15, 0.2) is 0 Å². The number of fused-ring (bicyclic) bond motifs is 1. The van der Waals surface area contributed by atoms with E-state index in [2.05, 4.69) is 24.1 Å². The first-order valence-corrected chi connectivity index (χ1v) is 12.3. The smallest absolute Gasteiger partial charge is 0.404 e. The highest BCUT2D eigenvalue weighted by atomic mass is 19.1. The Morgan fingerprint density at radius 3 is 2.85 bits per heavy atom. The number of rotatable bonds is 6. The maximum Gasteiger partial charge on any atom is 0.404 e. The predicted molar refractivity (Wildman–Crippen MR) is 138 cm³/mol. The average molecular weight is 467 g/mol. The van der Waals surface area contributed by atoms with Crippen LogP contribution in [0.3, 0.4) is 0 Å². The molecule has 34 heavy (non-hydrogen) atoms. The third-order valence-corrected chi connectivity index (χ3v) is 7.77. The van der Waals surface area contributed by atoms with Crippen LogP contribution in [0.1, 0.15) is 64.9 Å². The molecule has 1 heterocycles. The molecule has 4 nitrogen and oxygen atoms in total. The molecule has 5 heteroatoms. The molecule has 0 saturated heterocycles. The normalized spacial score (nSPS) is 28.8. The molecule has 2 saturated carbocycles. The fraction of sp³-hybridized carbons (Fsp3) is 0.517. The second kappa shape index (κ2) is 12.1. The topological polar surface area (TPSA) is 64.7 Å². The number of allylic oxidation sites excluding steroid dienone is 5. The number of nitrogens with zero attached hydrogens (tertiary/aromatic N) is 1. The van der Waals surface area contributed by atoms with Crippen LogP contribution < -0.4 is 5.73 Å². The van der Waals surface area contributed by atoms with Crippen molar-refractivity contribution in [2.24, 2.45) is 40.3 Å². The van der Waals surface area contributed by atoms with Crippen molar-refractivity contribution in [2.75, 3.05) is 6.61 Å². The number of amides is 1. The molecule has 4 rings (SSSR count). The standard InChI is InChI=1S/C28H35FN2O2.CH4/c1-2-25-22(18-33-28(30)32)16-21-6-3-4-9-26(21)27(25)13-12-24-11-10-19(14-15-31-24)20-7-5-8-23(29)17-20;/h5,7-8,10-13,15,17,21-22,25-27H,2-4,6,9,14,16,18H2,1H3,(H2,30,32);1H4/b13-12+;/t21?,22?,25?,26?,27-;/m1./s1. The van der Waals surface area contributed by atoms with Crippen molar-refractivity contribution < 1.29 is 13.9 Å². The first-order valence-electron chi connectivity index (χ1n) is 12.3. The van der Waals surface area contributed by atoms with Crippen molar-refractivity contribution in [3.05, 3.63) is 65.6 Å². The van der Waals surface area contributed by atoms with Crippen LogP contribution in [0.4, 0.5) is 9.18 Å². The highest BCUT2D eigenvalue weighted by Crippen LogP contribution is 2.50. The molecule has 0 radical (unpaired) electrons. The van der Waals surface area contributed by atoms with Gasteiger partial charge in [-0.3, -0.25) is 4.99 Å². The minimum Gasteiger partial charge on any atom is -0.449 e. The molecule has 1 aliphatic heterocycles. The predicted octanol–water partition coefficient (Wildman–Crippen LogP) is 7.32. The number of benzene rings is 1. The van der Waals surface area contributed by atoms with E-state index in [0.29, 0.717) is 42.6 Å². The summed E-state index contributed by atoms with van der Waals surface area (Å²) in [6.07, 6.45) is 17.8. The molecule has 1 aromatic carbocycles. The molecular formula is C29H39FN2O2. The number of ether oxygens (including phenoxy) is 1. The van der Waals surface area contributed by atoms with Crippen LogP contribution in [-0.4, -0.2) is 18.9 Å². The zero-order valence-electron chi connectivity index (χ0n) is 19.5. The van der Waals surface area contributed by atoms with Crippen molar-refractivity contribution >= 4 is 17.9 Å². The van der Waals surface area contributed by atoms with Crippen LogP contribution in [0, 0.1) is 35.4 Å². The Balaban J connectivity index is 0.00000324.